The highest BCUT2D eigenvalue weighted by Crippen LogP contribution is 2.31. The Morgan fingerprint density at radius 2 is 1.63 bits per heavy atom. The first-order chi connectivity index (χ1) is 12.9. The minimum atomic E-state index is -0.834. The van der Waals surface area contributed by atoms with Crippen molar-refractivity contribution in [3.8, 4) is 11.5 Å². The lowest BCUT2D eigenvalue weighted by Gasteiger charge is -2.15. The summed E-state index contributed by atoms with van der Waals surface area (Å²) >= 11 is 0. The fourth-order valence-corrected chi connectivity index (χ4v) is 2.58. The molecular weight excluding hydrogens is 348 g/mol. The van der Waals surface area contributed by atoms with Gasteiger partial charge in [0.1, 0.15) is 11.5 Å². The van der Waals surface area contributed by atoms with Gasteiger partial charge in [0.15, 0.2) is 0 Å². The number of hydrogen-bond acceptors (Lipinski definition) is 5. The molecule has 2 aromatic carbocycles. The third kappa shape index (κ3) is 6.00. The van der Waals surface area contributed by atoms with E-state index >= 15 is 0 Å². The molecule has 1 atom stereocenters. The van der Waals surface area contributed by atoms with Crippen LogP contribution in [0, 0.1) is 0 Å². The van der Waals surface area contributed by atoms with Crippen molar-refractivity contribution < 1.29 is 24.2 Å². The van der Waals surface area contributed by atoms with E-state index in [1.54, 1.807) is 49.6 Å². The Hall–Kier alpha value is -3.06. The average molecular weight is 372 g/mol. The maximum atomic E-state index is 12.1. The minimum absolute atomic E-state index is 0.143. The van der Waals surface area contributed by atoms with Crippen molar-refractivity contribution in [3.63, 3.8) is 0 Å². The largest absolute Gasteiger partial charge is 0.497 e. The molecule has 0 bridgehead atoms. The van der Waals surface area contributed by atoms with Crippen LogP contribution >= 0.6 is 0 Å². The van der Waals surface area contributed by atoms with Gasteiger partial charge >= 0.3 is 0 Å². The van der Waals surface area contributed by atoms with Gasteiger partial charge in [-0.05, 0) is 42.8 Å². The predicted octanol–water partition coefficient (Wildman–Crippen LogP) is 3.11. The average Bonchev–Trinajstić information content (AvgIpc) is 2.66. The number of benzene rings is 2. The zero-order valence-electron chi connectivity index (χ0n) is 15.6. The first-order valence-electron chi connectivity index (χ1n) is 8.50. The molecule has 0 heterocycles. The number of anilines is 2. The summed E-state index contributed by atoms with van der Waals surface area (Å²) in [5.41, 5.74) is 1.87. The second kappa shape index (κ2) is 9.59. The Bertz CT molecular complexity index is 789. The molecule has 144 valence electrons. The fraction of sp³-hybridized carbons (Fsp3) is 0.300. The molecule has 27 heavy (non-hydrogen) atoms. The van der Waals surface area contributed by atoms with Crippen LogP contribution in [0.5, 0.6) is 11.5 Å². The van der Waals surface area contributed by atoms with Crippen LogP contribution in [0.25, 0.3) is 0 Å². The number of rotatable bonds is 8. The normalized spacial score (nSPS) is 11.4. The quantitative estimate of drug-likeness (QED) is 0.662. The standard InChI is InChI=1S/C20H24N2O5/c1-13(23)21-14-4-6-15(7-5-14)22-20(25)11-10-18(24)17-9-8-16(26-2)12-19(17)27-3/h4-9,12,18,24H,10-11H2,1-3H3,(H,21,23)(H,22,25). The maximum Gasteiger partial charge on any atom is 0.224 e. The van der Waals surface area contributed by atoms with Crippen molar-refractivity contribution in [1.82, 2.24) is 0 Å². The van der Waals surface area contributed by atoms with Gasteiger partial charge in [-0.25, -0.2) is 0 Å². The number of carbonyl (C=O) groups excluding carboxylic acids is 2. The molecular formula is C20H24N2O5. The lowest BCUT2D eigenvalue weighted by molar-refractivity contribution is -0.117. The molecule has 0 saturated carbocycles. The maximum absolute atomic E-state index is 12.1. The first kappa shape index (κ1) is 20.3. The van der Waals surface area contributed by atoms with Crippen LogP contribution in [0.1, 0.15) is 31.4 Å². The molecule has 0 fully saturated rings. The number of methoxy groups -OCH3 is 2. The second-order valence-corrected chi connectivity index (χ2v) is 5.97. The molecule has 2 aromatic rings. The summed E-state index contributed by atoms with van der Waals surface area (Å²) < 4.78 is 10.4. The van der Waals surface area contributed by atoms with Crippen molar-refractivity contribution in [2.45, 2.75) is 25.9 Å². The summed E-state index contributed by atoms with van der Waals surface area (Å²) in [7, 11) is 3.07. The minimum Gasteiger partial charge on any atom is -0.497 e. The number of ether oxygens (including phenoxy) is 2. The monoisotopic (exact) mass is 372 g/mol. The summed E-state index contributed by atoms with van der Waals surface area (Å²) in [5, 5.41) is 15.8. The van der Waals surface area contributed by atoms with Gasteiger partial charge in [-0.3, -0.25) is 9.59 Å². The van der Waals surface area contributed by atoms with E-state index in [2.05, 4.69) is 10.6 Å². The molecule has 7 heteroatoms. The molecule has 0 aliphatic carbocycles. The molecule has 0 radical (unpaired) electrons. The van der Waals surface area contributed by atoms with Crippen LogP contribution in [-0.4, -0.2) is 31.1 Å². The molecule has 0 saturated heterocycles. The highest BCUT2D eigenvalue weighted by molar-refractivity contribution is 5.92. The van der Waals surface area contributed by atoms with Crippen molar-refractivity contribution >= 4 is 23.2 Å². The predicted molar refractivity (Wildman–Crippen MR) is 103 cm³/mol. The molecule has 0 spiro atoms. The highest BCUT2D eigenvalue weighted by atomic mass is 16.5. The van der Waals surface area contributed by atoms with Gasteiger partial charge in [0, 0.05) is 36.3 Å². The zero-order chi connectivity index (χ0) is 19.8. The van der Waals surface area contributed by atoms with Gasteiger partial charge in [0.05, 0.1) is 20.3 Å². The lowest BCUT2D eigenvalue weighted by atomic mass is 10.0. The van der Waals surface area contributed by atoms with E-state index in [1.807, 2.05) is 0 Å². The number of amides is 2. The Morgan fingerprint density at radius 1 is 1.00 bits per heavy atom. The summed E-state index contributed by atoms with van der Waals surface area (Å²) in [6.07, 6.45) is -0.443. The summed E-state index contributed by atoms with van der Waals surface area (Å²) in [4.78, 5) is 23.1. The number of hydrogen-bond donors (Lipinski definition) is 3. The third-order valence-corrected chi connectivity index (χ3v) is 3.93. The third-order valence-electron chi connectivity index (χ3n) is 3.93. The van der Waals surface area contributed by atoms with E-state index in [1.165, 1.54) is 14.0 Å². The Morgan fingerprint density at radius 3 is 2.19 bits per heavy atom. The van der Waals surface area contributed by atoms with Crippen LogP contribution in [0.3, 0.4) is 0 Å². The van der Waals surface area contributed by atoms with Gasteiger partial charge in [0.2, 0.25) is 11.8 Å². The van der Waals surface area contributed by atoms with E-state index in [-0.39, 0.29) is 24.7 Å². The van der Waals surface area contributed by atoms with Crippen molar-refractivity contribution in [3.05, 3.63) is 48.0 Å². The summed E-state index contributed by atoms with van der Waals surface area (Å²) in [6, 6.07) is 12.0. The van der Waals surface area contributed by atoms with Crippen LogP contribution in [-0.2, 0) is 9.59 Å². The van der Waals surface area contributed by atoms with Crippen molar-refractivity contribution in [2.24, 2.45) is 0 Å². The Kier molecular flexibility index (Phi) is 7.19. The molecule has 2 amide bonds. The van der Waals surface area contributed by atoms with Crippen LogP contribution in [0.4, 0.5) is 11.4 Å². The van der Waals surface area contributed by atoms with E-state index in [0.717, 1.165) is 0 Å². The summed E-state index contributed by atoms with van der Waals surface area (Å²) in [6.45, 7) is 1.43. The van der Waals surface area contributed by atoms with Crippen molar-refractivity contribution in [2.75, 3.05) is 24.9 Å². The van der Waals surface area contributed by atoms with E-state index in [0.29, 0.717) is 28.4 Å². The molecule has 3 N–H and O–H groups in total. The molecule has 2 rings (SSSR count). The highest BCUT2D eigenvalue weighted by Gasteiger charge is 2.16. The second-order valence-electron chi connectivity index (χ2n) is 5.97. The Balaban J connectivity index is 1.90. The molecule has 7 nitrogen and oxygen atoms in total. The van der Waals surface area contributed by atoms with Gasteiger partial charge in [0.25, 0.3) is 0 Å². The van der Waals surface area contributed by atoms with Crippen LogP contribution in [0.15, 0.2) is 42.5 Å². The molecule has 1 unspecified atom stereocenters. The Labute approximate surface area is 158 Å². The number of nitrogens with one attached hydrogen (secondary N) is 2. The van der Waals surface area contributed by atoms with Gasteiger partial charge in [-0.1, -0.05) is 0 Å². The number of aliphatic hydroxyl groups is 1. The first-order valence-corrected chi connectivity index (χ1v) is 8.50. The molecule has 0 aliphatic heterocycles. The smallest absolute Gasteiger partial charge is 0.224 e. The van der Waals surface area contributed by atoms with E-state index < -0.39 is 6.10 Å². The van der Waals surface area contributed by atoms with Crippen LogP contribution in [0.2, 0.25) is 0 Å². The topological polar surface area (TPSA) is 96.9 Å². The molecule has 0 aromatic heterocycles. The number of aliphatic hydroxyl groups excluding tert-OH is 1. The lowest BCUT2D eigenvalue weighted by Crippen LogP contribution is -2.13. The fourth-order valence-electron chi connectivity index (χ4n) is 2.58. The van der Waals surface area contributed by atoms with E-state index in [9.17, 15) is 14.7 Å². The SMILES string of the molecule is COc1ccc(C(O)CCC(=O)Nc2ccc(NC(C)=O)cc2)c(OC)c1. The van der Waals surface area contributed by atoms with Crippen LogP contribution < -0.4 is 20.1 Å². The van der Waals surface area contributed by atoms with Gasteiger partial charge < -0.3 is 25.2 Å². The van der Waals surface area contributed by atoms with Crippen molar-refractivity contribution in [1.29, 1.82) is 0 Å². The molecule has 0 aliphatic rings. The zero-order valence-corrected chi connectivity index (χ0v) is 15.6. The summed E-state index contributed by atoms with van der Waals surface area (Å²) in [5.74, 6) is 0.766. The van der Waals surface area contributed by atoms with Gasteiger partial charge in [-0.15, -0.1) is 0 Å². The van der Waals surface area contributed by atoms with Gasteiger partial charge in [-0.2, -0.15) is 0 Å². The number of carbonyl (C=O) groups is 2. The van der Waals surface area contributed by atoms with E-state index in [4.69, 9.17) is 9.47 Å².